The van der Waals surface area contributed by atoms with Crippen LogP contribution in [-0.2, 0) is 4.79 Å². The molecule has 7 heteroatoms. The van der Waals surface area contributed by atoms with E-state index in [-0.39, 0.29) is 12.3 Å². The summed E-state index contributed by atoms with van der Waals surface area (Å²) in [6.45, 7) is 1.90. The molecular weight excluding hydrogens is 272 g/mol. The maximum atomic E-state index is 11.9. The summed E-state index contributed by atoms with van der Waals surface area (Å²) < 4.78 is 0. The zero-order valence-corrected chi connectivity index (χ0v) is 12.1. The van der Waals surface area contributed by atoms with E-state index in [4.69, 9.17) is 10.9 Å². The maximum absolute atomic E-state index is 11.9. The number of benzene rings is 1. The third-order valence-electron chi connectivity index (χ3n) is 3.00. The number of nitrogens with two attached hydrogens (primary N) is 1. The Morgan fingerprint density at radius 3 is 2.76 bits per heavy atom. The lowest BCUT2D eigenvalue weighted by atomic mass is 10.2. The number of nitrogens with one attached hydrogen (secondary N) is 2. The molecule has 0 unspecified atom stereocenters. The van der Waals surface area contributed by atoms with Gasteiger partial charge in [-0.3, -0.25) is 14.8 Å². The second kappa shape index (κ2) is 8.93. The van der Waals surface area contributed by atoms with Crippen molar-refractivity contribution in [2.24, 2.45) is 0 Å². The molecular formula is C14H22N4O3. The first-order valence-electron chi connectivity index (χ1n) is 6.78. The van der Waals surface area contributed by atoms with Crippen LogP contribution < -0.4 is 16.5 Å². The average molecular weight is 294 g/mol. The molecule has 21 heavy (non-hydrogen) atoms. The Labute approximate surface area is 124 Å². The second-order valence-corrected chi connectivity index (χ2v) is 4.82. The van der Waals surface area contributed by atoms with Crippen LogP contribution in [0.3, 0.4) is 0 Å². The van der Waals surface area contributed by atoms with E-state index in [1.54, 1.807) is 29.7 Å². The highest BCUT2D eigenvalue weighted by Crippen LogP contribution is 2.05. The Bertz CT molecular complexity index is 479. The standard InChI is InChI=1S/C14H22N4O3/c1-18(8-3-6-13(19)17-21)9-7-16-14(20)11-4-2-5-12(15)10-11/h2,4-5,10,21H,3,6-9,15H2,1H3,(H,16,20)(H,17,19). The van der Waals surface area contributed by atoms with Crippen molar-refractivity contribution in [2.45, 2.75) is 12.8 Å². The lowest BCUT2D eigenvalue weighted by molar-refractivity contribution is -0.129. The van der Waals surface area contributed by atoms with Crippen molar-refractivity contribution >= 4 is 17.5 Å². The molecule has 0 aliphatic heterocycles. The lowest BCUT2D eigenvalue weighted by Gasteiger charge is -2.16. The van der Waals surface area contributed by atoms with Crippen molar-refractivity contribution in [3.63, 3.8) is 0 Å². The van der Waals surface area contributed by atoms with Gasteiger partial charge < -0.3 is 16.0 Å². The van der Waals surface area contributed by atoms with Gasteiger partial charge in [-0.25, -0.2) is 5.48 Å². The van der Waals surface area contributed by atoms with E-state index >= 15 is 0 Å². The van der Waals surface area contributed by atoms with Gasteiger partial charge >= 0.3 is 0 Å². The Kier molecular flexibility index (Phi) is 7.20. The van der Waals surface area contributed by atoms with E-state index in [1.165, 1.54) is 0 Å². The molecule has 0 radical (unpaired) electrons. The van der Waals surface area contributed by atoms with Crippen LogP contribution in [0.1, 0.15) is 23.2 Å². The number of anilines is 1. The number of carbonyl (C=O) groups is 2. The van der Waals surface area contributed by atoms with Gasteiger partial charge in [-0.15, -0.1) is 0 Å². The fraction of sp³-hybridized carbons (Fsp3) is 0.429. The lowest BCUT2D eigenvalue weighted by Crippen LogP contribution is -2.33. The fourth-order valence-electron chi connectivity index (χ4n) is 1.82. The molecule has 116 valence electrons. The maximum Gasteiger partial charge on any atom is 0.251 e. The molecule has 1 rings (SSSR count). The van der Waals surface area contributed by atoms with Crippen molar-refractivity contribution in [1.29, 1.82) is 0 Å². The summed E-state index contributed by atoms with van der Waals surface area (Å²) in [5.74, 6) is -0.547. The zero-order chi connectivity index (χ0) is 15.7. The topological polar surface area (TPSA) is 108 Å². The summed E-state index contributed by atoms with van der Waals surface area (Å²) in [5, 5.41) is 11.2. The van der Waals surface area contributed by atoms with Crippen molar-refractivity contribution in [3.8, 4) is 0 Å². The van der Waals surface area contributed by atoms with Gasteiger partial charge in [0.05, 0.1) is 0 Å². The van der Waals surface area contributed by atoms with Crippen LogP contribution in [0.5, 0.6) is 0 Å². The predicted octanol–water partition coefficient (Wildman–Crippen LogP) is 0.216. The summed E-state index contributed by atoms with van der Waals surface area (Å²) in [6.07, 6.45) is 0.919. The number of hydrogen-bond donors (Lipinski definition) is 4. The Hall–Kier alpha value is -2.12. The minimum atomic E-state index is -0.390. The van der Waals surface area contributed by atoms with Gasteiger partial charge in [0.1, 0.15) is 0 Å². The van der Waals surface area contributed by atoms with E-state index in [2.05, 4.69) is 5.32 Å². The Morgan fingerprint density at radius 1 is 1.33 bits per heavy atom. The van der Waals surface area contributed by atoms with E-state index in [0.29, 0.717) is 37.3 Å². The van der Waals surface area contributed by atoms with Gasteiger partial charge in [-0.05, 0) is 38.2 Å². The van der Waals surface area contributed by atoms with Crippen molar-refractivity contribution < 1.29 is 14.8 Å². The van der Waals surface area contributed by atoms with E-state index in [0.717, 1.165) is 0 Å². The molecule has 7 nitrogen and oxygen atoms in total. The average Bonchev–Trinajstić information content (AvgIpc) is 2.46. The van der Waals surface area contributed by atoms with Crippen LogP contribution in [-0.4, -0.2) is 48.6 Å². The molecule has 0 saturated heterocycles. The summed E-state index contributed by atoms with van der Waals surface area (Å²) in [4.78, 5) is 24.7. The molecule has 0 heterocycles. The van der Waals surface area contributed by atoms with Gasteiger partial charge in [0.15, 0.2) is 0 Å². The van der Waals surface area contributed by atoms with Crippen LogP contribution in [0, 0.1) is 0 Å². The van der Waals surface area contributed by atoms with Gasteiger partial charge in [0.25, 0.3) is 5.91 Å². The number of nitrogen functional groups attached to an aromatic ring is 1. The van der Waals surface area contributed by atoms with Crippen LogP contribution >= 0.6 is 0 Å². The number of likely N-dealkylation sites (N-methyl/N-ethyl adjacent to an activating group) is 1. The first-order chi connectivity index (χ1) is 10.0. The van der Waals surface area contributed by atoms with Crippen LogP contribution in [0.2, 0.25) is 0 Å². The monoisotopic (exact) mass is 294 g/mol. The molecule has 0 bridgehead atoms. The molecule has 0 saturated carbocycles. The van der Waals surface area contributed by atoms with Gasteiger partial charge in [0, 0.05) is 30.8 Å². The molecule has 0 atom stereocenters. The highest BCUT2D eigenvalue weighted by atomic mass is 16.5. The van der Waals surface area contributed by atoms with E-state index in [1.807, 2.05) is 11.9 Å². The normalized spacial score (nSPS) is 10.4. The van der Waals surface area contributed by atoms with E-state index in [9.17, 15) is 9.59 Å². The first kappa shape index (κ1) is 16.9. The van der Waals surface area contributed by atoms with Gasteiger partial charge in [-0.1, -0.05) is 6.07 Å². The van der Waals surface area contributed by atoms with Crippen molar-refractivity contribution in [1.82, 2.24) is 15.7 Å². The number of carbonyl (C=O) groups excluding carboxylic acids is 2. The quantitative estimate of drug-likeness (QED) is 0.311. The fourth-order valence-corrected chi connectivity index (χ4v) is 1.82. The van der Waals surface area contributed by atoms with Gasteiger partial charge in [0.2, 0.25) is 5.91 Å². The van der Waals surface area contributed by atoms with Crippen LogP contribution in [0.15, 0.2) is 24.3 Å². The molecule has 0 aromatic heterocycles. The van der Waals surface area contributed by atoms with Crippen LogP contribution in [0.25, 0.3) is 0 Å². The Balaban J connectivity index is 2.20. The molecule has 2 amide bonds. The molecule has 5 N–H and O–H groups in total. The molecule has 0 aliphatic carbocycles. The van der Waals surface area contributed by atoms with E-state index < -0.39 is 5.91 Å². The second-order valence-electron chi connectivity index (χ2n) is 4.82. The minimum Gasteiger partial charge on any atom is -0.399 e. The van der Waals surface area contributed by atoms with Gasteiger partial charge in [-0.2, -0.15) is 0 Å². The zero-order valence-electron chi connectivity index (χ0n) is 12.1. The number of hydroxylamine groups is 1. The highest BCUT2D eigenvalue weighted by molar-refractivity contribution is 5.94. The number of hydrogen-bond acceptors (Lipinski definition) is 5. The molecule has 0 fully saturated rings. The smallest absolute Gasteiger partial charge is 0.251 e. The number of amides is 2. The largest absolute Gasteiger partial charge is 0.399 e. The number of nitrogens with zero attached hydrogens (tertiary/aromatic N) is 1. The summed E-state index contributed by atoms with van der Waals surface area (Å²) in [7, 11) is 1.91. The molecule has 1 aromatic carbocycles. The molecule has 0 spiro atoms. The summed E-state index contributed by atoms with van der Waals surface area (Å²) in [6, 6.07) is 6.81. The third kappa shape index (κ3) is 6.73. The van der Waals surface area contributed by atoms with Crippen LogP contribution in [0.4, 0.5) is 5.69 Å². The predicted molar refractivity (Wildman–Crippen MR) is 79.8 cm³/mol. The minimum absolute atomic E-state index is 0.157. The summed E-state index contributed by atoms with van der Waals surface area (Å²) >= 11 is 0. The van der Waals surface area contributed by atoms with Crippen molar-refractivity contribution in [3.05, 3.63) is 29.8 Å². The van der Waals surface area contributed by atoms with Crippen molar-refractivity contribution in [2.75, 3.05) is 32.4 Å². The molecule has 0 aliphatic rings. The highest BCUT2D eigenvalue weighted by Gasteiger charge is 2.06. The number of rotatable bonds is 8. The summed E-state index contributed by atoms with van der Waals surface area (Å²) in [5.41, 5.74) is 8.32. The Morgan fingerprint density at radius 2 is 2.10 bits per heavy atom. The molecule has 1 aromatic rings. The third-order valence-corrected chi connectivity index (χ3v) is 3.00. The first-order valence-corrected chi connectivity index (χ1v) is 6.78. The SMILES string of the molecule is CN(CCCC(=O)NO)CCNC(=O)c1cccc(N)c1.